The molecule has 21 aromatic rings. The van der Waals surface area contributed by atoms with Crippen LogP contribution in [0, 0.1) is 0 Å². The van der Waals surface area contributed by atoms with Crippen LogP contribution in [0.1, 0.15) is 103 Å². The van der Waals surface area contributed by atoms with E-state index < -0.39 is 0 Å². The summed E-state index contributed by atoms with van der Waals surface area (Å²) in [6.45, 7) is 2.27. The van der Waals surface area contributed by atoms with Gasteiger partial charge in [0.2, 0.25) is 0 Å². The second kappa shape index (κ2) is 49.3. The zero-order valence-corrected chi connectivity index (χ0v) is 81.6. The van der Waals surface area contributed by atoms with Crippen LogP contribution in [0.3, 0.4) is 0 Å². The minimum atomic E-state index is 0.331. The average molecular weight is 1880 g/mol. The smallest absolute Gasteiger partial charge is 0.0652 e. The number of fused-ring (bicyclic) bond motifs is 3. The fourth-order valence-corrected chi connectivity index (χ4v) is 18.5. The monoisotopic (exact) mass is 1880 g/mol. The summed E-state index contributed by atoms with van der Waals surface area (Å²) < 4.78 is 0. The molecule has 146 heavy (non-hydrogen) atoms. The number of anilines is 12. The number of hydrogen-bond donors (Lipinski definition) is 0. The average Bonchev–Trinajstić information content (AvgIpc) is 1.60. The van der Waals surface area contributed by atoms with Gasteiger partial charge in [-0.3, -0.25) is 0 Å². The first-order valence-electron chi connectivity index (χ1n) is 49.9. The molecule has 22 rings (SSSR count). The molecule has 0 saturated heterocycles. The fraction of sp³-hybridized carbons (Fsp3) is 0.0362. The third kappa shape index (κ3) is 24.9. The second-order valence-corrected chi connectivity index (χ2v) is 35.4. The van der Waals surface area contributed by atoms with Gasteiger partial charge in [0.15, 0.2) is 0 Å². The van der Waals surface area contributed by atoms with Crippen molar-refractivity contribution in [2.24, 2.45) is 15.3 Å². The Morgan fingerprint density at radius 3 is 0.747 bits per heavy atom. The molecule has 0 fully saturated rings. The minimum Gasteiger partial charge on any atom is -0.311 e. The molecule has 1 unspecified atom stereocenters. The van der Waals surface area contributed by atoms with Crippen molar-refractivity contribution < 1.29 is 0 Å². The maximum atomic E-state index is 4.89. The lowest BCUT2D eigenvalue weighted by Crippen LogP contribution is -2.10. The summed E-state index contributed by atoms with van der Waals surface area (Å²) in [7, 11) is 0. The molecule has 21 aromatic carbocycles. The van der Waals surface area contributed by atoms with Crippen molar-refractivity contribution in [1.29, 1.82) is 0 Å². The Kier molecular flexibility index (Phi) is 32.4. The van der Waals surface area contributed by atoms with E-state index in [0.717, 1.165) is 109 Å². The van der Waals surface area contributed by atoms with Crippen LogP contribution in [0.2, 0.25) is 0 Å². The highest BCUT2D eigenvalue weighted by Gasteiger charge is 2.28. The first-order valence-corrected chi connectivity index (χ1v) is 49.9. The van der Waals surface area contributed by atoms with E-state index in [-0.39, 0.29) is 0 Å². The molecule has 0 heterocycles. The molecule has 0 aromatic heterocycles. The quantitative estimate of drug-likeness (QED) is 0.0266. The second-order valence-electron chi connectivity index (χ2n) is 35.4. The van der Waals surface area contributed by atoms with Crippen molar-refractivity contribution >= 4 is 110 Å². The van der Waals surface area contributed by atoms with Crippen LogP contribution in [0.15, 0.2) is 610 Å². The topological polar surface area (TPSA) is 53.3 Å². The molecular weight excluding hydrogens is 1770 g/mol. The van der Waals surface area contributed by atoms with Crippen LogP contribution < -0.4 is 24.8 Å². The Labute approximate surface area is 859 Å². The van der Waals surface area contributed by atoms with Crippen LogP contribution in [0.4, 0.5) is 68.2 Å². The van der Waals surface area contributed by atoms with Gasteiger partial charge >= 0.3 is 0 Å². The first kappa shape index (κ1) is 96.0. The Morgan fingerprint density at radius 2 is 0.438 bits per heavy atom. The van der Waals surface area contributed by atoms with E-state index >= 15 is 0 Å². The van der Waals surface area contributed by atoms with E-state index in [0.29, 0.717) is 11.8 Å². The minimum absolute atomic E-state index is 0.331. The molecule has 8 heteroatoms. The summed E-state index contributed by atoms with van der Waals surface area (Å²) in [6.07, 6.45) is 12.4. The normalized spacial score (nSPS) is 11.6. The molecule has 0 N–H and O–H groups in total. The standard InChI is InChI=1S/C45H35N3.C33H26N2.C32H27N.C28H24N2/c1-6-16-38(17-7-1)45(39-18-8-2-9-19-39)34-36-26-30-41(31-27-36)47(40-20-10-3-11-21-40)42-32-28-37(29-33-42)35-46-48(43-22-12-4-13-23-43)44-24-14-5-15-25-44;1-5-13-29(14-6-1)33(30-15-7-2-8-16-30)25-27-21-23-28(24-22-27)26-34-35(31-17-9-3-10-18-31)32-19-11-4-12-20-32;1-5-13-27(14-6-1)32(28-15-7-2-8-16-28)25-26-21-23-31(24-22-26)33(29-17-9-3-10-18-29)30-19-11-4-12-20-30;1-2-24-25-15-9-10-16-26(25)27-18-17-21(19-28(24)27)20-29-30(22-11-5-3-6-12-22)23-13-7-4-8-14-23/h1-35H;1-26H;1-24,32H,25H2;3-20,24H,2H2,1H3. The van der Waals surface area contributed by atoms with Gasteiger partial charge in [-0.1, -0.05) is 450 Å². The highest BCUT2D eigenvalue weighted by molar-refractivity contribution is 5.95. The summed E-state index contributed by atoms with van der Waals surface area (Å²) in [5.41, 5.74) is 35.1. The fourth-order valence-electron chi connectivity index (χ4n) is 18.5. The van der Waals surface area contributed by atoms with Crippen LogP contribution >= 0.6 is 0 Å². The van der Waals surface area contributed by atoms with Crippen molar-refractivity contribution in [3.05, 3.63) is 672 Å². The van der Waals surface area contributed by atoms with E-state index in [1.54, 1.807) is 0 Å². The predicted octanol–water partition coefficient (Wildman–Crippen LogP) is 36.3. The first-order chi connectivity index (χ1) is 72.4. The van der Waals surface area contributed by atoms with Crippen molar-refractivity contribution in [2.75, 3.05) is 24.8 Å². The molecule has 0 aliphatic heterocycles. The van der Waals surface area contributed by atoms with Crippen LogP contribution in [-0.2, 0) is 6.42 Å². The van der Waals surface area contributed by atoms with E-state index in [4.69, 9.17) is 15.3 Å². The zero-order valence-electron chi connectivity index (χ0n) is 81.6. The highest BCUT2D eigenvalue weighted by Crippen LogP contribution is 2.47. The van der Waals surface area contributed by atoms with Crippen molar-refractivity contribution in [2.45, 2.75) is 31.6 Å². The number of benzene rings is 21. The summed E-state index contributed by atoms with van der Waals surface area (Å²) in [5.74, 6) is 0.793. The Hall–Kier alpha value is -18.9. The molecular formula is C138H112N8. The van der Waals surface area contributed by atoms with Crippen molar-refractivity contribution in [3.8, 4) is 11.1 Å². The molecule has 1 aliphatic rings. The summed E-state index contributed by atoms with van der Waals surface area (Å²) in [5, 5.41) is 20.5. The van der Waals surface area contributed by atoms with Gasteiger partial charge in [-0.2, -0.15) is 15.3 Å². The summed E-state index contributed by atoms with van der Waals surface area (Å²) in [4.78, 5) is 4.58. The molecule has 1 aliphatic carbocycles. The van der Waals surface area contributed by atoms with E-state index in [9.17, 15) is 0 Å². The Bertz CT molecular complexity index is 7460. The number of hydrogen-bond acceptors (Lipinski definition) is 8. The van der Waals surface area contributed by atoms with Gasteiger partial charge in [0, 0.05) is 46.0 Å². The molecule has 704 valence electrons. The van der Waals surface area contributed by atoms with Gasteiger partial charge in [-0.25, -0.2) is 15.0 Å². The van der Waals surface area contributed by atoms with Gasteiger partial charge in [0.1, 0.15) is 0 Å². The molecule has 1 atom stereocenters. The predicted molar refractivity (Wildman–Crippen MR) is 619 cm³/mol. The van der Waals surface area contributed by atoms with Gasteiger partial charge in [-0.15, -0.1) is 0 Å². The number of hydrazone groups is 3. The lowest BCUT2D eigenvalue weighted by atomic mass is 9.86. The largest absolute Gasteiger partial charge is 0.311 e. The molecule has 0 amide bonds. The lowest BCUT2D eigenvalue weighted by Gasteiger charge is -2.26. The maximum Gasteiger partial charge on any atom is 0.0652 e. The molecule has 0 radical (unpaired) electrons. The van der Waals surface area contributed by atoms with Crippen LogP contribution in [0.5, 0.6) is 0 Å². The SMILES string of the molecule is C(=NN(c1ccccc1)c1ccccc1)c1ccc(C=C(c2ccccc2)c2ccccc2)cc1.C(=NN(c1ccccc1)c1ccccc1)c1ccc(N(c2ccccc2)c2ccc(C=C(c3ccccc3)c3ccccc3)cc2)cc1.CCC1c2ccccc2-c2ccc(C=NN(c3ccccc3)c3ccccc3)cc21.c1ccc(C(Cc2ccc(N(c3ccccc3)c3ccccc3)cc2)c2ccccc2)cc1. The third-order valence-electron chi connectivity index (χ3n) is 25.7. The number of rotatable bonds is 29. The Balaban J connectivity index is 0.000000125. The van der Waals surface area contributed by atoms with Crippen molar-refractivity contribution in [1.82, 2.24) is 0 Å². The van der Waals surface area contributed by atoms with E-state index in [1.807, 2.05) is 143 Å². The van der Waals surface area contributed by atoms with Gasteiger partial charge in [-0.05, 0) is 277 Å². The third-order valence-corrected chi connectivity index (χ3v) is 25.7. The number of para-hydroxylation sites is 9. The Morgan fingerprint density at radius 1 is 0.212 bits per heavy atom. The van der Waals surface area contributed by atoms with Crippen LogP contribution in [0.25, 0.3) is 34.4 Å². The molecule has 0 spiro atoms. The van der Waals surface area contributed by atoms with Gasteiger partial charge in [0.05, 0.1) is 52.8 Å². The number of nitrogens with zero attached hydrogens (tertiary/aromatic N) is 8. The van der Waals surface area contributed by atoms with E-state index in [2.05, 4.69) is 514 Å². The van der Waals surface area contributed by atoms with Gasteiger partial charge in [0.25, 0.3) is 0 Å². The molecule has 8 nitrogen and oxygen atoms in total. The maximum absolute atomic E-state index is 4.89. The molecule has 0 bridgehead atoms. The molecule has 0 saturated carbocycles. The zero-order chi connectivity index (χ0) is 98.7. The summed E-state index contributed by atoms with van der Waals surface area (Å²) >= 11 is 0. The van der Waals surface area contributed by atoms with Crippen LogP contribution in [-0.4, -0.2) is 18.6 Å². The van der Waals surface area contributed by atoms with E-state index in [1.165, 1.54) is 72.3 Å². The van der Waals surface area contributed by atoms with Crippen molar-refractivity contribution in [3.63, 3.8) is 0 Å². The lowest BCUT2D eigenvalue weighted by molar-refractivity contribution is 0.797. The highest BCUT2D eigenvalue weighted by atomic mass is 15.5. The summed E-state index contributed by atoms with van der Waals surface area (Å²) in [6, 6.07) is 207. The van der Waals surface area contributed by atoms with Gasteiger partial charge < -0.3 is 9.80 Å².